The monoisotopic (exact) mass is 597 g/mol. The van der Waals surface area contributed by atoms with Crippen LogP contribution >= 0.6 is 62.3 Å². The number of nitrogens with zero attached hydrogens (tertiary/aromatic N) is 2. The van der Waals surface area contributed by atoms with E-state index in [0.29, 0.717) is 50.1 Å². The number of ether oxygens (including phenoxy) is 1. The molecule has 5 nitrogen and oxygen atoms in total. The van der Waals surface area contributed by atoms with Gasteiger partial charge in [-0.05, 0) is 48.0 Å². The van der Waals surface area contributed by atoms with Crippen LogP contribution in [0.5, 0.6) is 5.75 Å². The Labute approximate surface area is 224 Å². The third-order valence-electron chi connectivity index (χ3n) is 4.84. The van der Waals surface area contributed by atoms with Crippen LogP contribution in [0.3, 0.4) is 0 Å². The molecule has 0 fully saturated rings. The first kappa shape index (κ1) is 24.9. The lowest BCUT2D eigenvalue weighted by Crippen LogP contribution is -2.13. The summed E-state index contributed by atoms with van der Waals surface area (Å²) in [5.41, 5.74) is 2.05. The molecule has 0 aliphatic rings. The Bertz CT molecular complexity index is 1320. The Hall–Kier alpha value is -2.22. The van der Waals surface area contributed by atoms with E-state index in [1.54, 1.807) is 65.5 Å². The molecule has 0 aliphatic heterocycles. The van der Waals surface area contributed by atoms with E-state index in [1.165, 1.54) is 0 Å². The molecule has 34 heavy (non-hydrogen) atoms. The van der Waals surface area contributed by atoms with E-state index in [9.17, 15) is 4.79 Å². The van der Waals surface area contributed by atoms with Crippen molar-refractivity contribution < 1.29 is 9.53 Å². The number of nitrogens with one attached hydrogen (secondary N) is 1. The number of carbonyl (C=O) groups excluding carboxylic acids is 1. The van der Waals surface area contributed by atoms with E-state index in [4.69, 9.17) is 51.1 Å². The van der Waals surface area contributed by atoms with Gasteiger partial charge in [-0.2, -0.15) is 5.10 Å². The fourth-order valence-corrected chi connectivity index (χ4v) is 4.54. The lowest BCUT2D eigenvalue weighted by molar-refractivity contribution is 0.102. The van der Waals surface area contributed by atoms with Gasteiger partial charge in [0.15, 0.2) is 5.82 Å². The van der Waals surface area contributed by atoms with Crippen molar-refractivity contribution in [3.05, 3.63) is 108 Å². The number of aromatic nitrogens is 2. The van der Waals surface area contributed by atoms with E-state index >= 15 is 0 Å². The van der Waals surface area contributed by atoms with Crippen LogP contribution in [0.4, 0.5) is 5.82 Å². The molecule has 0 atom stereocenters. The van der Waals surface area contributed by atoms with Crippen molar-refractivity contribution in [2.75, 3.05) is 5.32 Å². The van der Waals surface area contributed by atoms with Gasteiger partial charge in [0.05, 0.1) is 11.6 Å². The topological polar surface area (TPSA) is 56.2 Å². The number of hydrogen-bond acceptors (Lipinski definition) is 3. The van der Waals surface area contributed by atoms with E-state index < -0.39 is 0 Å². The molecule has 0 unspecified atom stereocenters. The van der Waals surface area contributed by atoms with Gasteiger partial charge in [-0.3, -0.25) is 9.48 Å². The number of anilines is 1. The molecule has 1 heterocycles. The predicted octanol–water partition coefficient (Wildman–Crippen LogP) is 8.14. The highest BCUT2D eigenvalue weighted by atomic mass is 79.9. The Balaban J connectivity index is 1.39. The summed E-state index contributed by atoms with van der Waals surface area (Å²) in [6.07, 6.45) is 1.60. The lowest BCUT2D eigenvalue weighted by atomic mass is 10.1. The summed E-state index contributed by atoms with van der Waals surface area (Å²) in [5, 5.41) is 8.94. The number of rotatable bonds is 7. The first-order valence-corrected chi connectivity index (χ1v) is 12.2. The highest BCUT2D eigenvalue weighted by Gasteiger charge is 2.14. The average molecular weight is 600 g/mol. The van der Waals surface area contributed by atoms with Crippen LogP contribution in [0.25, 0.3) is 0 Å². The van der Waals surface area contributed by atoms with Gasteiger partial charge in [0.25, 0.3) is 5.91 Å². The van der Waals surface area contributed by atoms with Crippen LogP contribution in [0.15, 0.2) is 71.3 Å². The molecule has 4 aromatic rings. The fraction of sp³-hybridized carbons (Fsp3) is 0.0833. The zero-order chi connectivity index (χ0) is 24.2. The van der Waals surface area contributed by atoms with Crippen LogP contribution in [0, 0.1) is 0 Å². The summed E-state index contributed by atoms with van der Waals surface area (Å²) in [6.45, 7) is 0.620. The minimum absolute atomic E-state index is 0.243. The molecule has 0 saturated heterocycles. The van der Waals surface area contributed by atoms with E-state index in [-0.39, 0.29) is 11.7 Å². The van der Waals surface area contributed by atoms with Crippen molar-refractivity contribution in [1.29, 1.82) is 0 Å². The Morgan fingerprint density at radius 3 is 2.32 bits per heavy atom. The summed E-state index contributed by atoms with van der Waals surface area (Å²) < 4.78 is 8.20. The predicted molar refractivity (Wildman–Crippen MR) is 141 cm³/mol. The molecular weight excluding hydrogens is 584 g/mol. The molecule has 0 aliphatic carbocycles. The number of amides is 1. The molecule has 0 radical (unpaired) electrons. The Morgan fingerprint density at radius 1 is 0.941 bits per heavy atom. The minimum Gasteiger partial charge on any atom is -0.487 e. The molecule has 174 valence electrons. The van der Waals surface area contributed by atoms with Gasteiger partial charge in [0.2, 0.25) is 0 Å². The van der Waals surface area contributed by atoms with Gasteiger partial charge >= 0.3 is 0 Å². The molecular formula is C24H16BrCl4N3O2. The van der Waals surface area contributed by atoms with Gasteiger partial charge in [0, 0.05) is 31.8 Å². The van der Waals surface area contributed by atoms with Gasteiger partial charge in [0.1, 0.15) is 17.4 Å². The maximum atomic E-state index is 12.7. The number of halogens is 5. The molecule has 10 heteroatoms. The Kier molecular flexibility index (Phi) is 8.06. The molecule has 1 N–H and O–H groups in total. The highest BCUT2D eigenvalue weighted by Crippen LogP contribution is 2.29. The maximum absolute atomic E-state index is 12.7. The summed E-state index contributed by atoms with van der Waals surface area (Å²) in [5.74, 6) is 0.480. The van der Waals surface area contributed by atoms with Crippen molar-refractivity contribution in [2.24, 2.45) is 0 Å². The smallest absolute Gasteiger partial charge is 0.256 e. The zero-order valence-corrected chi connectivity index (χ0v) is 22.0. The van der Waals surface area contributed by atoms with Crippen LogP contribution in [0.1, 0.15) is 21.5 Å². The highest BCUT2D eigenvalue weighted by molar-refractivity contribution is 9.10. The van der Waals surface area contributed by atoms with E-state index in [2.05, 4.69) is 26.3 Å². The zero-order valence-electron chi connectivity index (χ0n) is 17.4. The summed E-state index contributed by atoms with van der Waals surface area (Å²) in [4.78, 5) is 12.7. The van der Waals surface area contributed by atoms with Crippen LogP contribution in [-0.2, 0) is 13.2 Å². The second kappa shape index (κ2) is 11.0. The summed E-state index contributed by atoms with van der Waals surface area (Å²) in [6, 6.07) is 17.7. The summed E-state index contributed by atoms with van der Waals surface area (Å²) in [7, 11) is 0. The molecule has 1 aromatic heterocycles. The quantitative estimate of drug-likeness (QED) is 0.233. The largest absolute Gasteiger partial charge is 0.487 e. The van der Waals surface area contributed by atoms with Crippen molar-refractivity contribution in [1.82, 2.24) is 9.78 Å². The van der Waals surface area contributed by atoms with Gasteiger partial charge in [-0.25, -0.2) is 0 Å². The molecule has 0 bridgehead atoms. The normalized spacial score (nSPS) is 10.9. The maximum Gasteiger partial charge on any atom is 0.256 e. The van der Waals surface area contributed by atoms with Gasteiger partial charge < -0.3 is 10.1 Å². The van der Waals surface area contributed by atoms with Crippen molar-refractivity contribution in [3.8, 4) is 5.75 Å². The lowest BCUT2D eigenvalue weighted by Gasteiger charge is -2.09. The van der Waals surface area contributed by atoms with Crippen LogP contribution < -0.4 is 10.1 Å². The van der Waals surface area contributed by atoms with E-state index in [0.717, 1.165) is 10.0 Å². The van der Waals surface area contributed by atoms with E-state index in [1.807, 2.05) is 6.07 Å². The van der Waals surface area contributed by atoms with Crippen molar-refractivity contribution in [2.45, 2.75) is 13.2 Å². The number of hydrogen-bond donors (Lipinski definition) is 1. The number of benzene rings is 3. The Morgan fingerprint density at radius 2 is 1.65 bits per heavy atom. The standard InChI is InChI=1S/C24H16BrCl4N3O2/c25-16-8-9-22(20(28)10-16)34-13-14-4-6-15(7-5-14)24(33)30-23-21(29)12-32(31-23)11-17-18(26)2-1-3-19(17)27/h1-10,12H,11,13H2,(H,30,31,33). The minimum atomic E-state index is -0.341. The first-order valence-electron chi connectivity index (χ1n) is 9.94. The molecule has 3 aromatic carbocycles. The van der Waals surface area contributed by atoms with Crippen LogP contribution in [0.2, 0.25) is 20.1 Å². The third kappa shape index (κ3) is 6.06. The third-order valence-corrected chi connectivity index (χ3v) is 6.61. The molecule has 0 spiro atoms. The average Bonchev–Trinajstić information content (AvgIpc) is 3.14. The number of carbonyl (C=O) groups is 1. The fourth-order valence-electron chi connectivity index (χ4n) is 3.09. The van der Waals surface area contributed by atoms with Crippen LogP contribution in [-0.4, -0.2) is 15.7 Å². The molecule has 0 saturated carbocycles. The van der Waals surface area contributed by atoms with Crippen molar-refractivity contribution in [3.63, 3.8) is 0 Å². The second-order valence-electron chi connectivity index (χ2n) is 7.24. The molecule has 1 amide bonds. The van der Waals surface area contributed by atoms with Crippen molar-refractivity contribution >= 4 is 74.1 Å². The molecule has 4 rings (SSSR count). The first-order chi connectivity index (χ1) is 16.3. The van der Waals surface area contributed by atoms with Gasteiger partial charge in [-0.1, -0.05) is 80.5 Å². The summed E-state index contributed by atoms with van der Waals surface area (Å²) >= 11 is 28.3. The SMILES string of the molecule is O=C(Nc1nn(Cc2c(Cl)cccc2Cl)cc1Cl)c1ccc(COc2ccc(Br)cc2Cl)cc1. The second-order valence-corrected chi connectivity index (χ2v) is 9.78. The van der Waals surface area contributed by atoms with Gasteiger partial charge in [-0.15, -0.1) is 0 Å².